The van der Waals surface area contributed by atoms with Crippen LogP contribution in [0.25, 0.3) is 0 Å². The maximum Gasteiger partial charge on any atom is 0.259 e. The van der Waals surface area contributed by atoms with Crippen molar-refractivity contribution >= 4 is 34.7 Å². The third kappa shape index (κ3) is 3.46. The van der Waals surface area contributed by atoms with Gasteiger partial charge in [-0.05, 0) is 48.5 Å². The van der Waals surface area contributed by atoms with Gasteiger partial charge in [0.05, 0.1) is 29.9 Å². The Labute approximate surface area is 167 Å². The van der Waals surface area contributed by atoms with Crippen LogP contribution < -0.4 is 19.7 Å². The second-order valence-corrected chi connectivity index (χ2v) is 6.55. The Morgan fingerprint density at radius 1 is 1.18 bits per heavy atom. The summed E-state index contributed by atoms with van der Waals surface area (Å²) in [4.78, 5) is 19.2. The number of pyridine rings is 1. The number of para-hydroxylation sites is 1. The highest BCUT2D eigenvalue weighted by Gasteiger charge is 2.26. The molecule has 0 saturated carbocycles. The standard InChI is InChI=1S/C21H18ClN3O3/c1-27-15-9-7-14(8-10-15)24-21(26)16-4-2-6-18-19(16)28-13-12-25(18)20-17(22)5-3-11-23-20/h2-11H,12-13H2,1H3,(H,24,26). The molecule has 1 aliphatic rings. The molecule has 0 atom stereocenters. The number of benzene rings is 2. The first-order valence-corrected chi connectivity index (χ1v) is 9.14. The lowest BCUT2D eigenvalue weighted by molar-refractivity contribution is 0.102. The van der Waals surface area contributed by atoms with Crippen molar-refractivity contribution in [1.29, 1.82) is 0 Å². The number of aromatic nitrogens is 1. The summed E-state index contributed by atoms with van der Waals surface area (Å²) >= 11 is 6.32. The van der Waals surface area contributed by atoms with Gasteiger partial charge >= 0.3 is 0 Å². The molecule has 0 bridgehead atoms. The number of methoxy groups -OCH3 is 1. The average Bonchev–Trinajstić information content (AvgIpc) is 2.74. The zero-order valence-corrected chi connectivity index (χ0v) is 15.9. The molecule has 1 N–H and O–H groups in total. The third-order valence-corrected chi connectivity index (χ3v) is 4.73. The van der Waals surface area contributed by atoms with Gasteiger partial charge < -0.3 is 19.7 Å². The van der Waals surface area contributed by atoms with E-state index in [4.69, 9.17) is 21.1 Å². The fourth-order valence-electron chi connectivity index (χ4n) is 3.10. The van der Waals surface area contributed by atoms with E-state index in [1.165, 1.54) is 0 Å². The molecule has 28 heavy (non-hydrogen) atoms. The van der Waals surface area contributed by atoms with Crippen LogP contribution in [-0.4, -0.2) is 31.2 Å². The molecule has 1 amide bonds. The second-order valence-electron chi connectivity index (χ2n) is 6.15. The number of rotatable bonds is 4. The molecule has 142 valence electrons. The van der Waals surface area contributed by atoms with Crippen molar-refractivity contribution in [3.8, 4) is 11.5 Å². The lowest BCUT2D eigenvalue weighted by Gasteiger charge is -2.31. The molecule has 0 unspecified atom stereocenters. The lowest BCUT2D eigenvalue weighted by Crippen LogP contribution is -2.30. The molecule has 1 aliphatic heterocycles. The van der Waals surface area contributed by atoms with E-state index in [0.717, 1.165) is 11.4 Å². The molecule has 3 aromatic rings. The molecule has 0 saturated heterocycles. The van der Waals surface area contributed by atoms with Gasteiger partial charge in [-0.2, -0.15) is 0 Å². The third-order valence-electron chi connectivity index (χ3n) is 4.43. The number of hydrogen-bond donors (Lipinski definition) is 1. The van der Waals surface area contributed by atoms with Crippen LogP contribution in [0, 0.1) is 0 Å². The molecular weight excluding hydrogens is 378 g/mol. The van der Waals surface area contributed by atoms with E-state index in [-0.39, 0.29) is 5.91 Å². The smallest absolute Gasteiger partial charge is 0.259 e. The largest absolute Gasteiger partial charge is 0.497 e. The van der Waals surface area contributed by atoms with Crippen LogP contribution in [0.15, 0.2) is 60.8 Å². The summed E-state index contributed by atoms with van der Waals surface area (Å²) in [6.45, 7) is 1.01. The minimum atomic E-state index is -0.254. The van der Waals surface area contributed by atoms with Gasteiger partial charge in [-0.1, -0.05) is 17.7 Å². The summed E-state index contributed by atoms with van der Waals surface area (Å²) in [6.07, 6.45) is 1.69. The molecule has 0 spiro atoms. The number of halogens is 1. The van der Waals surface area contributed by atoms with Crippen LogP contribution in [0.4, 0.5) is 17.2 Å². The Hall–Kier alpha value is -3.25. The first-order valence-electron chi connectivity index (χ1n) is 8.76. The molecule has 2 aromatic carbocycles. The molecular formula is C21H18ClN3O3. The molecule has 6 nitrogen and oxygen atoms in total. The van der Waals surface area contributed by atoms with E-state index in [2.05, 4.69) is 10.3 Å². The maximum absolute atomic E-state index is 12.9. The molecule has 2 heterocycles. The zero-order chi connectivity index (χ0) is 19.5. The first kappa shape index (κ1) is 18.1. The van der Waals surface area contributed by atoms with Gasteiger partial charge in [0.25, 0.3) is 5.91 Å². The summed E-state index contributed by atoms with van der Waals surface area (Å²) in [5.41, 5.74) is 1.88. The Balaban J connectivity index is 1.65. The molecule has 4 rings (SSSR count). The van der Waals surface area contributed by atoms with Crippen LogP contribution in [0.2, 0.25) is 5.02 Å². The van der Waals surface area contributed by atoms with Crippen molar-refractivity contribution in [3.63, 3.8) is 0 Å². The van der Waals surface area contributed by atoms with Gasteiger partial charge in [0.15, 0.2) is 11.6 Å². The summed E-state index contributed by atoms with van der Waals surface area (Å²) in [7, 11) is 1.60. The fraction of sp³-hybridized carbons (Fsp3) is 0.143. The SMILES string of the molecule is COc1ccc(NC(=O)c2cccc3c2OCCN3c2ncccc2Cl)cc1. The highest BCUT2D eigenvalue weighted by atomic mass is 35.5. The molecule has 1 aromatic heterocycles. The highest BCUT2D eigenvalue weighted by Crippen LogP contribution is 2.40. The van der Waals surface area contributed by atoms with Gasteiger partial charge in [0.1, 0.15) is 12.4 Å². The van der Waals surface area contributed by atoms with Gasteiger partial charge in [-0.15, -0.1) is 0 Å². The fourth-order valence-corrected chi connectivity index (χ4v) is 3.32. The van der Waals surface area contributed by atoms with E-state index in [1.807, 2.05) is 17.0 Å². The van der Waals surface area contributed by atoms with Crippen LogP contribution in [-0.2, 0) is 0 Å². The number of fused-ring (bicyclic) bond motifs is 1. The number of carbonyl (C=O) groups is 1. The number of ether oxygens (including phenoxy) is 2. The number of carbonyl (C=O) groups excluding carboxylic acids is 1. The van der Waals surface area contributed by atoms with Crippen LogP contribution >= 0.6 is 11.6 Å². The molecule has 0 radical (unpaired) electrons. The minimum Gasteiger partial charge on any atom is -0.497 e. The number of amides is 1. The predicted octanol–water partition coefficient (Wildman–Crippen LogP) is 4.53. The van der Waals surface area contributed by atoms with Crippen molar-refractivity contribution in [1.82, 2.24) is 4.98 Å². The van der Waals surface area contributed by atoms with Crippen molar-refractivity contribution in [2.75, 3.05) is 30.5 Å². The lowest BCUT2D eigenvalue weighted by atomic mass is 10.1. The van der Waals surface area contributed by atoms with Gasteiger partial charge in [0.2, 0.25) is 0 Å². The number of anilines is 3. The number of nitrogens with zero attached hydrogens (tertiary/aromatic N) is 2. The van der Waals surface area contributed by atoms with E-state index in [9.17, 15) is 4.79 Å². The summed E-state index contributed by atoms with van der Waals surface area (Å²) in [5, 5.41) is 3.44. The second kappa shape index (κ2) is 7.78. The Morgan fingerprint density at radius 2 is 2.00 bits per heavy atom. The average molecular weight is 396 g/mol. The maximum atomic E-state index is 12.9. The van der Waals surface area contributed by atoms with Crippen LogP contribution in [0.1, 0.15) is 10.4 Å². The monoisotopic (exact) mass is 395 g/mol. The Bertz CT molecular complexity index is 1010. The minimum absolute atomic E-state index is 0.254. The zero-order valence-electron chi connectivity index (χ0n) is 15.2. The van der Waals surface area contributed by atoms with Gasteiger partial charge in [0, 0.05) is 11.9 Å². The van der Waals surface area contributed by atoms with E-state index in [1.54, 1.807) is 55.8 Å². The van der Waals surface area contributed by atoms with Crippen LogP contribution in [0.3, 0.4) is 0 Å². The van der Waals surface area contributed by atoms with Crippen molar-refractivity contribution in [3.05, 3.63) is 71.4 Å². The number of hydrogen-bond acceptors (Lipinski definition) is 5. The molecule has 7 heteroatoms. The van der Waals surface area contributed by atoms with E-state index < -0.39 is 0 Å². The Kier molecular flexibility index (Phi) is 5.04. The number of nitrogens with one attached hydrogen (secondary N) is 1. The predicted molar refractivity (Wildman–Crippen MR) is 109 cm³/mol. The summed E-state index contributed by atoms with van der Waals surface area (Å²) in [6, 6.07) is 16.2. The van der Waals surface area contributed by atoms with Crippen molar-refractivity contribution in [2.45, 2.75) is 0 Å². The Morgan fingerprint density at radius 3 is 2.75 bits per heavy atom. The summed E-state index contributed by atoms with van der Waals surface area (Å²) in [5.74, 6) is 1.63. The first-order chi connectivity index (χ1) is 13.7. The van der Waals surface area contributed by atoms with Crippen LogP contribution in [0.5, 0.6) is 11.5 Å². The quantitative estimate of drug-likeness (QED) is 0.703. The molecule has 0 fully saturated rings. The topological polar surface area (TPSA) is 63.7 Å². The van der Waals surface area contributed by atoms with Crippen molar-refractivity contribution < 1.29 is 14.3 Å². The van der Waals surface area contributed by atoms with E-state index >= 15 is 0 Å². The summed E-state index contributed by atoms with van der Waals surface area (Å²) < 4.78 is 11.0. The van der Waals surface area contributed by atoms with Gasteiger partial charge in [-0.25, -0.2) is 4.98 Å². The van der Waals surface area contributed by atoms with E-state index in [0.29, 0.717) is 41.0 Å². The normalized spacial score (nSPS) is 12.7. The molecule has 0 aliphatic carbocycles. The van der Waals surface area contributed by atoms with Gasteiger partial charge in [-0.3, -0.25) is 4.79 Å². The van der Waals surface area contributed by atoms with Crippen molar-refractivity contribution in [2.24, 2.45) is 0 Å². The highest BCUT2D eigenvalue weighted by molar-refractivity contribution is 6.33.